The summed E-state index contributed by atoms with van der Waals surface area (Å²) in [6, 6.07) is 25.9. The van der Waals surface area contributed by atoms with Gasteiger partial charge in [-0.3, -0.25) is 5.84 Å². The van der Waals surface area contributed by atoms with Gasteiger partial charge in [-0.2, -0.15) is 0 Å². The molecule has 0 amide bonds. The molecule has 0 aliphatic rings. The van der Waals surface area contributed by atoms with Crippen LogP contribution in [-0.4, -0.2) is 6.10 Å². The first-order valence-corrected chi connectivity index (χ1v) is 9.15. The molecule has 0 aliphatic carbocycles. The normalized spacial score (nSPS) is 12.0. The van der Waals surface area contributed by atoms with E-state index in [0.717, 1.165) is 28.2 Å². The summed E-state index contributed by atoms with van der Waals surface area (Å²) in [4.78, 5) is 0. The van der Waals surface area contributed by atoms with Crippen molar-refractivity contribution in [2.75, 3.05) is 0 Å². The number of nitrogens with one attached hydrogen (secondary N) is 1. The summed E-state index contributed by atoms with van der Waals surface area (Å²) < 4.78 is 11.9. The van der Waals surface area contributed by atoms with E-state index in [1.807, 2.05) is 92.7 Å². The van der Waals surface area contributed by atoms with Crippen LogP contribution >= 0.6 is 0 Å². The molecule has 0 saturated heterocycles. The number of nitrogens with two attached hydrogens (primary N) is 1. The Hall–Kier alpha value is -2.82. The smallest absolute Gasteiger partial charge is 0.124 e. The Kier molecular flexibility index (Phi) is 6.47. The van der Waals surface area contributed by atoms with Gasteiger partial charge in [-0.1, -0.05) is 60.7 Å². The SMILES string of the molecule is CC(C)Oc1ccccc1C(NN)c1cccc(OCc2ccccc2)c1. The zero-order valence-electron chi connectivity index (χ0n) is 15.8. The molecule has 3 aromatic rings. The summed E-state index contributed by atoms with van der Waals surface area (Å²) in [7, 11) is 0. The molecule has 0 aliphatic heterocycles. The molecule has 140 valence electrons. The molecule has 0 saturated carbocycles. The highest BCUT2D eigenvalue weighted by Crippen LogP contribution is 2.31. The second-order valence-corrected chi connectivity index (χ2v) is 6.65. The number of benzene rings is 3. The Morgan fingerprint density at radius 3 is 2.37 bits per heavy atom. The molecule has 4 heteroatoms. The third kappa shape index (κ3) is 5.09. The molecule has 0 aromatic heterocycles. The van der Waals surface area contributed by atoms with Gasteiger partial charge >= 0.3 is 0 Å². The van der Waals surface area contributed by atoms with Crippen molar-refractivity contribution in [3.8, 4) is 11.5 Å². The molecule has 0 heterocycles. The predicted octanol–water partition coefficient (Wildman–Crippen LogP) is 4.61. The lowest BCUT2D eigenvalue weighted by Gasteiger charge is -2.22. The van der Waals surface area contributed by atoms with Gasteiger partial charge in [0.05, 0.1) is 12.1 Å². The van der Waals surface area contributed by atoms with E-state index >= 15 is 0 Å². The van der Waals surface area contributed by atoms with E-state index in [-0.39, 0.29) is 12.1 Å². The van der Waals surface area contributed by atoms with Crippen molar-refractivity contribution in [3.05, 3.63) is 95.6 Å². The van der Waals surface area contributed by atoms with E-state index in [2.05, 4.69) is 5.43 Å². The maximum absolute atomic E-state index is 5.96. The lowest BCUT2D eigenvalue weighted by molar-refractivity contribution is 0.238. The first-order valence-electron chi connectivity index (χ1n) is 9.15. The van der Waals surface area contributed by atoms with E-state index in [4.69, 9.17) is 15.3 Å². The van der Waals surface area contributed by atoms with Gasteiger partial charge in [-0.05, 0) is 43.2 Å². The van der Waals surface area contributed by atoms with Crippen LogP contribution in [0.3, 0.4) is 0 Å². The third-order valence-corrected chi connectivity index (χ3v) is 4.20. The minimum absolute atomic E-state index is 0.0881. The van der Waals surface area contributed by atoms with Crippen LogP contribution < -0.4 is 20.7 Å². The number of hydrogen-bond donors (Lipinski definition) is 2. The van der Waals surface area contributed by atoms with E-state index in [9.17, 15) is 0 Å². The second-order valence-electron chi connectivity index (χ2n) is 6.65. The van der Waals surface area contributed by atoms with Gasteiger partial charge in [0.1, 0.15) is 18.1 Å². The number of rotatable bonds is 8. The van der Waals surface area contributed by atoms with Crippen molar-refractivity contribution >= 4 is 0 Å². The molecule has 1 unspecified atom stereocenters. The molecule has 0 fully saturated rings. The Labute approximate surface area is 160 Å². The van der Waals surface area contributed by atoms with Crippen LogP contribution in [0.2, 0.25) is 0 Å². The zero-order valence-corrected chi connectivity index (χ0v) is 15.8. The molecule has 0 radical (unpaired) electrons. The van der Waals surface area contributed by atoms with E-state index in [0.29, 0.717) is 6.61 Å². The van der Waals surface area contributed by atoms with Crippen molar-refractivity contribution < 1.29 is 9.47 Å². The van der Waals surface area contributed by atoms with Crippen molar-refractivity contribution in [3.63, 3.8) is 0 Å². The molecular weight excluding hydrogens is 336 g/mol. The van der Waals surface area contributed by atoms with Crippen LogP contribution in [-0.2, 0) is 6.61 Å². The molecule has 1 atom stereocenters. The van der Waals surface area contributed by atoms with Gasteiger partial charge < -0.3 is 9.47 Å². The fraction of sp³-hybridized carbons (Fsp3) is 0.217. The van der Waals surface area contributed by atoms with Crippen molar-refractivity contribution in [1.82, 2.24) is 5.43 Å². The van der Waals surface area contributed by atoms with Crippen LogP contribution in [0.15, 0.2) is 78.9 Å². The number of para-hydroxylation sites is 1. The minimum atomic E-state index is -0.194. The van der Waals surface area contributed by atoms with Gasteiger partial charge in [0, 0.05) is 5.56 Å². The predicted molar refractivity (Wildman–Crippen MR) is 109 cm³/mol. The van der Waals surface area contributed by atoms with Crippen LogP contribution in [0, 0.1) is 0 Å². The summed E-state index contributed by atoms with van der Waals surface area (Å²) >= 11 is 0. The van der Waals surface area contributed by atoms with Crippen molar-refractivity contribution in [2.45, 2.75) is 32.6 Å². The monoisotopic (exact) mass is 362 g/mol. The lowest BCUT2D eigenvalue weighted by atomic mass is 9.98. The average molecular weight is 362 g/mol. The molecule has 3 rings (SSSR count). The number of hydrogen-bond acceptors (Lipinski definition) is 4. The molecule has 27 heavy (non-hydrogen) atoms. The summed E-state index contributed by atoms with van der Waals surface area (Å²) in [5.74, 6) is 7.53. The summed E-state index contributed by atoms with van der Waals surface area (Å²) in [6.07, 6.45) is 0.0881. The van der Waals surface area contributed by atoms with Gasteiger partial charge in [-0.25, -0.2) is 5.43 Å². The molecule has 0 spiro atoms. The maximum Gasteiger partial charge on any atom is 0.124 e. The fourth-order valence-electron chi connectivity index (χ4n) is 2.97. The summed E-state index contributed by atoms with van der Waals surface area (Å²) in [5, 5.41) is 0. The topological polar surface area (TPSA) is 56.5 Å². The quantitative estimate of drug-likeness (QED) is 0.454. The zero-order chi connectivity index (χ0) is 19.1. The van der Waals surface area contributed by atoms with E-state index in [1.165, 1.54) is 0 Å². The lowest BCUT2D eigenvalue weighted by Crippen LogP contribution is -2.29. The molecule has 3 N–H and O–H groups in total. The first-order chi connectivity index (χ1) is 13.2. The van der Waals surface area contributed by atoms with Gasteiger partial charge in [0.2, 0.25) is 0 Å². The summed E-state index contributed by atoms with van der Waals surface area (Å²) in [5.41, 5.74) is 6.06. The number of ether oxygens (including phenoxy) is 2. The largest absolute Gasteiger partial charge is 0.491 e. The highest BCUT2D eigenvalue weighted by molar-refractivity contribution is 5.43. The molecule has 4 nitrogen and oxygen atoms in total. The van der Waals surface area contributed by atoms with Gasteiger partial charge in [0.15, 0.2) is 0 Å². The highest BCUT2D eigenvalue weighted by Gasteiger charge is 2.18. The van der Waals surface area contributed by atoms with Crippen molar-refractivity contribution in [1.29, 1.82) is 0 Å². The van der Waals surface area contributed by atoms with Crippen LogP contribution in [0.5, 0.6) is 11.5 Å². The van der Waals surface area contributed by atoms with Crippen molar-refractivity contribution in [2.24, 2.45) is 5.84 Å². The minimum Gasteiger partial charge on any atom is -0.491 e. The van der Waals surface area contributed by atoms with Crippen LogP contribution in [0.4, 0.5) is 0 Å². The fourth-order valence-corrected chi connectivity index (χ4v) is 2.97. The van der Waals surface area contributed by atoms with Crippen LogP contribution in [0.1, 0.15) is 36.6 Å². The summed E-state index contributed by atoms with van der Waals surface area (Å²) in [6.45, 7) is 4.55. The first kappa shape index (κ1) is 19.0. The van der Waals surface area contributed by atoms with Gasteiger partial charge in [0.25, 0.3) is 0 Å². The molecule has 0 bridgehead atoms. The molecule has 3 aromatic carbocycles. The highest BCUT2D eigenvalue weighted by atomic mass is 16.5. The standard InChI is InChI=1S/C23H26N2O2/c1-17(2)27-22-14-7-6-13-21(22)23(25-24)19-11-8-12-20(15-19)26-16-18-9-4-3-5-10-18/h3-15,17,23,25H,16,24H2,1-2H3. The Bertz CT molecular complexity index is 850. The number of hydrazine groups is 1. The van der Waals surface area contributed by atoms with Crippen LogP contribution in [0.25, 0.3) is 0 Å². The van der Waals surface area contributed by atoms with Gasteiger partial charge in [-0.15, -0.1) is 0 Å². The van der Waals surface area contributed by atoms with E-state index in [1.54, 1.807) is 0 Å². The second kappa shape index (κ2) is 9.21. The Morgan fingerprint density at radius 2 is 1.63 bits per heavy atom. The Morgan fingerprint density at radius 1 is 0.889 bits per heavy atom. The van der Waals surface area contributed by atoms with E-state index < -0.39 is 0 Å². The molecular formula is C23H26N2O2. The third-order valence-electron chi connectivity index (χ3n) is 4.20. The average Bonchev–Trinajstić information content (AvgIpc) is 2.69. The Balaban J connectivity index is 1.82. The maximum atomic E-state index is 5.96.